The minimum Gasteiger partial charge on any atom is -0.463 e. The van der Waals surface area contributed by atoms with Gasteiger partial charge in [-0.3, -0.25) is 9.59 Å². The highest BCUT2D eigenvalue weighted by Crippen LogP contribution is 2.36. The molecule has 10 nitrogen and oxygen atoms in total. The smallest absolute Gasteiger partial charge is 0.463 e. The molecule has 0 unspecified atom stereocenters. The summed E-state index contributed by atoms with van der Waals surface area (Å²) in [6.45, 7) is 1.65. The van der Waals surface area contributed by atoms with E-state index in [1.165, 1.54) is 6.07 Å². The van der Waals surface area contributed by atoms with Crippen LogP contribution < -0.4 is 4.18 Å². The number of carbonyl (C=O) groups excluding carboxylic acids is 2. The van der Waals surface area contributed by atoms with Crippen LogP contribution in [0.3, 0.4) is 0 Å². The van der Waals surface area contributed by atoms with Gasteiger partial charge in [0.15, 0.2) is 6.10 Å². The molecule has 174 valence electrons. The van der Waals surface area contributed by atoms with Gasteiger partial charge in [0.2, 0.25) is 0 Å². The molecule has 31 heavy (non-hydrogen) atoms. The third kappa shape index (κ3) is 6.06. The number of aliphatic hydroxyl groups is 2. The van der Waals surface area contributed by atoms with Crippen LogP contribution in [0.15, 0.2) is 24.3 Å². The summed E-state index contributed by atoms with van der Waals surface area (Å²) in [5.41, 5.74) is -5.72. The van der Waals surface area contributed by atoms with Gasteiger partial charge in [0.05, 0.1) is 0 Å². The van der Waals surface area contributed by atoms with Gasteiger partial charge in [-0.1, -0.05) is 12.1 Å². The molecule has 0 amide bonds. The van der Waals surface area contributed by atoms with Crippen LogP contribution in [0.2, 0.25) is 0 Å². The third-order valence-corrected chi connectivity index (χ3v) is 5.09. The van der Waals surface area contributed by atoms with E-state index < -0.39 is 70.4 Å². The number of rotatable bonds is 6. The van der Waals surface area contributed by atoms with E-state index in [2.05, 4.69) is 4.18 Å². The van der Waals surface area contributed by atoms with Crippen LogP contribution in [0.25, 0.3) is 0 Å². The Balaban J connectivity index is 2.32. The normalized spacial score (nSPS) is 26.7. The lowest BCUT2D eigenvalue weighted by Crippen LogP contribution is -2.57. The molecule has 5 atom stereocenters. The molecule has 1 aliphatic rings. The zero-order chi connectivity index (χ0) is 23.6. The average Bonchev–Trinajstić information content (AvgIpc) is 2.63. The third-order valence-electron chi connectivity index (χ3n) is 4.11. The van der Waals surface area contributed by atoms with Gasteiger partial charge >= 0.3 is 27.6 Å². The van der Waals surface area contributed by atoms with Gasteiger partial charge in [-0.15, -0.1) is 0 Å². The van der Waals surface area contributed by atoms with Gasteiger partial charge < -0.3 is 28.6 Å². The highest BCUT2D eigenvalue weighted by Gasteiger charge is 2.49. The molecule has 1 aromatic carbocycles. The van der Waals surface area contributed by atoms with Crippen molar-refractivity contribution >= 4 is 22.1 Å². The van der Waals surface area contributed by atoms with Crippen molar-refractivity contribution in [2.45, 2.75) is 49.9 Å². The number of halogens is 3. The highest BCUT2D eigenvalue weighted by molar-refractivity contribution is 7.88. The van der Waals surface area contributed by atoms with Crippen LogP contribution in [0, 0.1) is 0 Å². The summed E-state index contributed by atoms with van der Waals surface area (Å²) in [5.74, 6) is -2.26. The first-order valence-electron chi connectivity index (χ1n) is 8.66. The van der Waals surface area contributed by atoms with Crippen LogP contribution in [0.4, 0.5) is 13.2 Å². The molecule has 1 heterocycles. The van der Waals surface area contributed by atoms with E-state index in [0.29, 0.717) is 0 Å². The highest BCUT2D eigenvalue weighted by atomic mass is 32.2. The fourth-order valence-corrected chi connectivity index (χ4v) is 3.25. The summed E-state index contributed by atoms with van der Waals surface area (Å²) >= 11 is 0. The summed E-state index contributed by atoms with van der Waals surface area (Å²) in [6.07, 6.45) is -7.56. The largest absolute Gasteiger partial charge is 0.534 e. The molecule has 1 fully saturated rings. The van der Waals surface area contributed by atoms with E-state index >= 15 is 0 Å². The van der Waals surface area contributed by atoms with Crippen LogP contribution >= 0.6 is 0 Å². The second kappa shape index (κ2) is 9.38. The fraction of sp³-hybridized carbons (Fsp3) is 0.529. The lowest BCUT2D eigenvalue weighted by Gasteiger charge is -2.42. The summed E-state index contributed by atoms with van der Waals surface area (Å²) < 4.78 is 79.4. The van der Waals surface area contributed by atoms with E-state index in [-0.39, 0.29) is 5.56 Å². The monoisotopic (exact) mass is 472 g/mol. The Labute approximate surface area is 174 Å². The zero-order valence-electron chi connectivity index (χ0n) is 16.1. The predicted octanol–water partition coefficient (Wildman–Crippen LogP) is 0.572. The molecular formula is C17H19F3O10S. The van der Waals surface area contributed by atoms with Crippen LogP contribution in [-0.4, -0.2) is 67.1 Å². The standard InChI is InChI=1S/C17H19F3O10S/c1-8(21)27-7-12-16(28-9(2)22)14(24)13(23)15(29-12)10-4-3-5-11(6-10)30-31(25,26)17(18,19)20/h3-6,12-16,23-24H,7H2,1-2H3/t12-,13+,14-,15-,16+/m1/s1. The molecule has 0 bridgehead atoms. The van der Waals surface area contributed by atoms with Gasteiger partial charge in [-0.2, -0.15) is 21.6 Å². The first-order chi connectivity index (χ1) is 14.2. The summed E-state index contributed by atoms with van der Waals surface area (Å²) in [7, 11) is -5.94. The Morgan fingerprint density at radius 2 is 1.77 bits per heavy atom. The van der Waals surface area contributed by atoms with E-state index in [1.807, 2.05) is 0 Å². The van der Waals surface area contributed by atoms with Crippen molar-refractivity contribution in [2.24, 2.45) is 0 Å². The molecule has 0 aliphatic carbocycles. The van der Waals surface area contributed by atoms with Crippen molar-refractivity contribution in [3.63, 3.8) is 0 Å². The van der Waals surface area contributed by atoms with Crippen LogP contribution in [0.1, 0.15) is 25.5 Å². The second-order valence-electron chi connectivity index (χ2n) is 6.51. The Morgan fingerprint density at radius 3 is 2.32 bits per heavy atom. The molecule has 1 aliphatic heterocycles. The number of hydrogen-bond acceptors (Lipinski definition) is 10. The van der Waals surface area contributed by atoms with E-state index in [0.717, 1.165) is 32.0 Å². The Kier molecular flexibility index (Phi) is 7.52. The number of ether oxygens (including phenoxy) is 3. The van der Waals surface area contributed by atoms with Crippen molar-refractivity contribution in [3.8, 4) is 5.75 Å². The molecule has 0 aromatic heterocycles. The second-order valence-corrected chi connectivity index (χ2v) is 8.05. The number of hydrogen-bond donors (Lipinski definition) is 2. The average molecular weight is 472 g/mol. The van der Waals surface area contributed by atoms with Crippen molar-refractivity contribution in [1.29, 1.82) is 0 Å². The van der Waals surface area contributed by atoms with E-state index in [1.54, 1.807) is 0 Å². The van der Waals surface area contributed by atoms with Crippen LogP contribution in [-0.2, 0) is 33.9 Å². The number of carbonyl (C=O) groups is 2. The first-order valence-corrected chi connectivity index (χ1v) is 10.1. The lowest BCUT2D eigenvalue weighted by atomic mass is 9.91. The Hall–Kier alpha value is -2.42. The van der Waals surface area contributed by atoms with Gasteiger partial charge in [0, 0.05) is 13.8 Å². The SMILES string of the molecule is CC(=O)OC[C@H]1O[C@H](c2cccc(OS(=O)(=O)C(F)(F)F)c2)[C@@H](O)[C@@H](O)[C@H]1OC(C)=O. The fourth-order valence-electron chi connectivity index (χ4n) is 2.80. The first kappa shape index (κ1) is 24.8. The van der Waals surface area contributed by atoms with Gasteiger partial charge in [-0.05, 0) is 17.7 Å². The molecule has 1 aromatic rings. The van der Waals surface area contributed by atoms with Crippen molar-refractivity contribution in [1.82, 2.24) is 0 Å². The Bertz CT molecular complexity index is 917. The minimum absolute atomic E-state index is 0.0597. The predicted molar refractivity (Wildman–Crippen MR) is 93.9 cm³/mol. The quantitative estimate of drug-likeness (QED) is 0.342. The molecule has 2 rings (SSSR count). The molecule has 2 N–H and O–H groups in total. The minimum atomic E-state index is -5.94. The topological polar surface area (TPSA) is 146 Å². The number of benzene rings is 1. The Morgan fingerprint density at radius 1 is 1.13 bits per heavy atom. The van der Waals surface area contributed by atoms with Crippen molar-refractivity contribution in [3.05, 3.63) is 29.8 Å². The molecule has 0 spiro atoms. The maximum absolute atomic E-state index is 12.5. The molecule has 0 saturated carbocycles. The zero-order valence-corrected chi connectivity index (χ0v) is 16.9. The van der Waals surface area contributed by atoms with E-state index in [9.17, 15) is 41.4 Å². The summed E-state index contributed by atoms with van der Waals surface area (Å²) in [4.78, 5) is 22.4. The number of alkyl halides is 3. The lowest BCUT2D eigenvalue weighted by molar-refractivity contribution is -0.242. The van der Waals surface area contributed by atoms with Gasteiger partial charge in [-0.25, -0.2) is 0 Å². The van der Waals surface area contributed by atoms with E-state index in [4.69, 9.17) is 14.2 Å². The molecule has 14 heteroatoms. The van der Waals surface area contributed by atoms with Gasteiger partial charge in [0.1, 0.15) is 36.8 Å². The maximum Gasteiger partial charge on any atom is 0.534 e. The number of aliphatic hydroxyl groups excluding tert-OH is 2. The van der Waals surface area contributed by atoms with Gasteiger partial charge in [0.25, 0.3) is 0 Å². The van der Waals surface area contributed by atoms with Crippen molar-refractivity contribution in [2.75, 3.05) is 6.61 Å². The molecule has 1 saturated heterocycles. The molecule has 0 radical (unpaired) electrons. The summed E-state index contributed by atoms with van der Waals surface area (Å²) in [5, 5.41) is 20.8. The van der Waals surface area contributed by atoms with Crippen molar-refractivity contribution < 1.29 is 59.8 Å². The number of esters is 2. The summed E-state index contributed by atoms with van der Waals surface area (Å²) in [6, 6.07) is 4.19. The maximum atomic E-state index is 12.5. The van der Waals surface area contributed by atoms with Crippen LogP contribution in [0.5, 0.6) is 5.75 Å². The molecular weight excluding hydrogens is 453 g/mol.